The molecule has 0 aliphatic heterocycles. The molecule has 11 heavy (non-hydrogen) atoms. The molecule has 0 radical (unpaired) electrons. The van der Waals surface area contributed by atoms with Crippen LogP contribution in [0.25, 0.3) is 0 Å². The van der Waals surface area contributed by atoms with E-state index in [0.717, 1.165) is 0 Å². The van der Waals surface area contributed by atoms with Crippen molar-refractivity contribution in [1.82, 2.24) is 0 Å². The molecular formula is C10H14S. The fraction of sp³-hybridized carbons (Fsp3) is 0.400. The van der Waals surface area contributed by atoms with Gasteiger partial charge in [0.05, 0.1) is 0 Å². The lowest BCUT2D eigenvalue weighted by molar-refractivity contribution is 0.705. The van der Waals surface area contributed by atoms with Gasteiger partial charge in [-0.3, -0.25) is 0 Å². The molecular weight excluding hydrogens is 152 g/mol. The maximum absolute atomic E-state index is 3.81. The number of hydrogen-bond donors (Lipinski definition) is 0. The summed E-state index contributed by atoms with van der Waals surface area (Å²) in [5.74, 6) is 0. The van der Waals surface area contributed by atoms with Gasteiger partial charge in [-0.05, 0) is 41.6 Å². The molecule has 0 aromatic rings. The van der Waals surface area contributed by atoms with Crippen LogP contribution in [-0.4, -0.2) is 0 Å². The maximum atomic E-state index is 3.81. The van der Waals surface area contributed by atoms with E-state index >= 15 is 0 Å². The highest BCUT2D eigenvalue weighted by atomic mass is 32.2. The lowest BCUT2D eigenvalue weighted by atomic mass is 10.00. The first-order valence-corrected chi connectivity index (χ1v) is 4.88. The van der Waals surface area contributed by atoms with Crippen LogP contribution in [0.4, 0.5) is 0 Å². The van der Waals surface area contributed by atoms with Crippen molar-refractivity contribution < 1.29 is 0 Å². The Hall–Kier alpha value is -0.430. The van der Waals surface area contributed by atoms with Gasteiger partial charge >= 0.3 is 0 Å². The number of hydrogen-bond acceptors (Lipinski definition) is 1. The predicted molar refractivity (Wildman–Crippen MR) is 53.5 cm³/mol. The summed E-state index contributed by atoms with van der Waals surface area (Å²) >= 11 is 1.76. The summed E-state index contributed by atoms with van der Waals surface area (Å²) in [7, 11) is 0. The van der Waals surface area contributed by atoms with Gasteiger partial charge in [0.1, 0.15) is 0 Å². The molecule has 0 fully saturated rings. The molecule has 0 heterocycles. The Bertz CT molecular complexity index is 189. The van der Waals surface area contributed by atoms with Crippen LogP contribution in [-0.2, 0) is 0 Å². The molecule has 0 aromatic carbocycles. The Morgan fingerprint density at radius 1 is 1.18 bits per heavy atom. The molecule has 0 atom stereocenters. The molecule has 0 N–H and O–H groups in total. The second kappa shape index (κ2) is 4.45. The van der Waals surface area contributed by atoms with Crippen molar-refractivity contribution in [2.45, 2.75) is 25.7 Å². The second-order valence-corrected chi connectivity index (χ2v) is 3.71. The SMILES string of the molecule is C=CSC1=C(C=C)CCCC1. The fourth-order valence-corrected chi connectivity index (χ4v) is 2.15. The first-order valence-electron chi connectivity index (χ1n) is 4.00. The molecule has 1 aliphatic carbocycles. The second-order valence-electron chi connectivity index (χ2n) is 2.64. The van der Waals surface area contributed by atoms with Gasteiger partial charge in [0.25, 0.3) is 0 Å². The van der Waals surface area contributed by atoms with Crippen LogP contribution in [0.1, 0.15) is 25.7 Å². The molecule has 0 nitrogen and oxygen atoms in total. The monoisotopic (exact) mass is 166 g/mol. The topological polar surface area (TPSA) is 0 Å². The minimum Gasteiger partial charge on any atom is -0.103 e. The molecule has 1 heteroatoms. The molecule has 0 saturated carbocycles. The highest BCUT2D eigenvalue weighted by Gasteiger charge is 2.08. The van der Waals surface area contributed by atoms with E-state index in [2.05, 4.69) is 13.2 Å². The molecule has 1 aliphatic rings. The van der Waals surface area contributed by atoms with Gasteiger partial charge in [0.15, 0.2) is 0 Å². The molecule has 0 saturated heterocycles. The zero-order valence-corrected chi connectivity index (χ0v) is 7.62. The summed E-state index contributed by atoms with van der Waals surface area (Å²) in [5, 5.41) is 1.91. The summed E-state index contributed by atoms with van der Waals surface area (Å²) in [6, 6.07) is 0. The average Bonchev–Trinajstić information content (AvgIpc) is 2.06. The quantitative estimate of drug-likeness (QED) is 0.613. The number of thioether (sulfide) groups is 1. The fourth-order valence-electron chi connectivity index (χ4n) is 1.35. The lowest BCUT2D eigenvalue weighted by Gasteiger charge is -2.15. The van der Waals surface area contributed by atoms with Crippen molar-refractivity contribution in [2.75, 3.05) is 0 Å². The van der Waals surface area contributed by atoms with Crippen LogP contribution < -0.4 is 0 Å². The Morgan fingerprint density at radius 2 is 1.91 bits per heavy atom. The normalized spacial score (nSPS) is 18.2. The van der Waals surface area contributed by atoms with E-state index in [-0.39, 0.29) is 0 Å². The zero-order valence-electron chi connectivity index (χ0n) is 6.81. The van der Waals surface area contributed by atoms with Crippen LogP contribution >= 0.6 is 11.8 Å². The summed E-state index contributed by atoms with van der Waals surface area (Å²) in [4.78, 5) is 1.47. The van der Waals surface area contributed by atoms with Crippen molar-refractivity contribution in [3.8, 4) is 0 Å². The zero-order chi connectivity index (χ0) is 8.10. The average molecular weight is 166 g/mol. The van der Waals surface area contributed by atoms with Crippen molar-refractivity contribution in [1.29, 1.82) is 0 Å². The summed E-state index contributed by atoms with van der Waals surface area (Å²) in [6.45, 7) is 7.53. The van der Waals surface area contributed by atoms with Crippen LogP contribution in [0.2, 0.25) is 0 Å². The summed E-state index contributed by atoms with van der Waals surface area (Å²) < 4.78 is 0. The van der Waals surface area contributed by atoms with Gasteiger partial charge < -0.3 is 0 Å². The van der Waals surface area contributed by atoms with E-state index in [4.69, 9.17) is 0 Å². The Kier molecular flexibility index (Phi) is 3.50. The van der Waals surface area contributed by atoms with Gasteiger partial charge in [0, 0.05) is 0 Å². The van der Waals surface area contributed by atoms with Crippen LogP contribution in [0.3, 0.4) is 0 Å². The highest BCUT2D eigenvalue weighted by Crippen LogP contribution is 2.33. The van der Waals surface area contributed by atoms with Crippen LogP contribution in [0, 0.1) is 0 Å². The molecule has 0 amide bonds. The lowest BCUT2D eigenvalue weighted by Crippen LogP contribution is -1.93. The standard InChI is InChI=1S/C10H14S/c1-3-9-7-5-6-8-10(9)11-4-2/h3-4H,1-2,5-8H2. The summed E-state index contributed by atoms with van der Waals surface area (Å²) in [5.41, 5.74) is 1.43. The van der Waals surface area contributed by atoms with Gasteiger partial charge in [0.2, 0.25) is 0 Å². The first kappa shape index (κ1) is 8.66. The van der Waals surface area contributed by atoms with E-state index in [9.17, 15) is 0 Å². The maximum Gasteiger partial charge on any atom is -0.00768 e. The Balaban J connectivity index is 2.72. The first-order chi connectivity index (χ1) is 5.38. The third-order valence-electron chi connectivity index (χ3n) is 1.93. The van der Waals surface area contributed by atoms with Gasteiger partial charge in [-0.2, -0.15) is 0 Å². The van der Waals surface area contributed by atoms with Gasteiger partial charge in [-0.1, -0.05) is 19.2 Å². The predicted octanol–water partition coefficient (Wildman–Crippen LogP) is 3.88. The molecule has 0 unspecified atom stereocenters. The molecule has 0 aromatic heterocycles. The third-order valence-corrected chi connectivity index (χ3v) is 2.85. The van der Waals surface area contributed by atoms with E-state index in [1.165, 1.54) is 36.2 Å². The van der Waals surface area contributed by atoms with Crippen molar-refractivity contribution in [3.05, 3.63) is 35.1 Å². The van der Waals surface area contributed by atoms with Crippen molar-refractivity contribution >= 4 is 11.8 Å². The minimum absolute atomic E-state index is 1.21. The highest BCUT2D eigenvalue weighted by molar-refractivity contribution is 8.05. The van der Waals surface area contributed by atoms with E-state index in [1.807, 2.05) is 11.5 Å². The smallest absolute Gasteiger partial charge is 0.00768 e. The Morgan fingerprint density at radius 3 is 2.55 bits per heavy atom. The van der Waals surface area contributed by atoms with Crippen LogP contribution in [0.5, 0.6) is 0 Å². The molecule has 1 rings (SSSR count). The third kappa shape index (κ3) is 2.26. The minimum atomic E-state index is 1.21. The van der Waals surface area contributed by atoms with Gasteiger partial charge in [-0.25, -0.2) is 0 Å². The van der Waals surface area contributed by atoms with E-state index < -0.39 is 0 Å². The van der Waals surface area contributed by atoms with E-state index in [1.54, 1.807) is 11.8 Å². The number of allylic oxidation sites excluding steroid dienone is 3. The van der Waals surface area contributed by atoms with Crippen molar-refractivity contribution in [2.24, 2.45) is 0 Å². The van der Waals surface area contributed by atoms with Crippen LogP contribution in [0.15, 0.2) is 35.1 Å². The molecule has 0 bridgehead atoms. The van der Waals surface area contributed by atoms with E-state index in [0.29, 0.717) is 0 Å². The molecule has 60 valence electrons. The Labute approximate surface area is 73.1 Å². The van der Waals surface area contributed by atoms with Crippen molar-refractivity contribution in [3.63, 3.8) is 0 Å². The largest absolute Gasteiger partial charge is 0.103 e. The summed E-state index contributed by atoms with van der Waals surface area (Å²) in [6.07, 6.45) is 7.07. The molecule has 0 spiro atoms. The van der Waals surface area contributed by atoms with Gasteiger partial charge in [-0.15, -0.1) is 11.8 Å². The number of rotatable bonds is 3.